The van der Waals surface area contributed by atoms with Gasteiger partial charge in [-0.1, -0.05) is 11.8 Å². The van der Waals surface area contributed by atoms with Crippen LogP contribution in [0.25, 0.3) is 0 Å². The number of hydrogen-bond acceptors (Lipinski definition) is 5. The molecule has 116 valence electrons. The van der Waals surface area contributed by atoms with Crippen molar-refractivity contribution in [1.29, 1.82) is 0 Å². The number of nitrogens with one attached hydrogen (secondary N) is 1. The van der Waals surface area contributed by atoms with Gasteiger partial charge in [0.1, 0.15) is 16.6 Å². The predicted octanol–water partition coefficient (Wildman–Crippen LogP) is 3.22. The van der Waals surface area contributed by atoms with Gasteiger partial charge in [0.15, 0.2) is 0 Å². The Morgan fingerprint density at radius 1 is 1.23 bits per heavy atom. The van der Waals surface area contributed by atoms with Crippen LogP contribution < -0.4 is 10.1 Å². The van der Waals surface area contributed by atoms with Crippen molar-refractivity contribution in [1.82, 2.24) is 9.97 Å². The van der Waals surface area contributed by atoms with E-state index in [9.17, 15) is 4.79 Å². The third-order valence-corrected chi connectivity index (χ3v) is 3.99. The molecule has 0 spiro atoms. The molecule has 0 bridgehead atoms. The molecule has 1 heterocycles. The lowest BCUT2D eigenvalue weighted by molar-refractivity contribution is -0.115. The van der Waals surface area contributed by atoms with Gasteiger partial charge in [0.25, 0.3) is 0 Å². The van der Waals surface area contributed by atoms with Crippen LogP contribution in [0.4, 0.5) is 5.69 Å². The lowest BCUT2D eigenvalue weighted by Gasteiger charge is -2.12. The summed E-state index contributed by atoms with van der Waals surface area (Å²) in [5.41, 5.74) is 1.64. The normalized spacial score (nSPS) is 11.8. The van der Waals surface area contributed by atoms with E-state index in [1.54, 1.807) is 7.11 Å². The molecule has 0 aliphatic carbocycles. The second kappa shape index (κ2) is 7.26. The van der Waals surface area contributed by atoms with Gasteiger partial charge in [0.05, 0.1) is 12.4 Å². The zero-order valence-corrected chi connectivity index (χ0v) is 13.9. The molecular formula is C16H19N3O2S. The topological polar surface area (TPSA) is 64.1 Å². The van der Waals surface area contributed by atoms with Crippen LogP contribution in [0.3, 0.4) is 0 Å². The van der Waals surface area contributed by atoms with Crippen molar-refractivity contribution < 1.29 is 9.53 Å². The average molecular weight is 317 g/mol. The van der Waals surface area contributed by atoms with E-state index in [2.05, 4.69) is 15.3 Å². The molecule has 0 saturated carbocycles. The monoisotopic (exact) mass is 317 g/mol. The predicted molar refractivity (Wildman–Crippen MR) is 88.4 cm³/mol. The van der Waals surface area contributed by atoms with Gasteiger partial charge in [-0.05, 0) is 51.1 Å². The van der Waals surface area contributed by atoms with Crippen molar-refractivity contribution in [3.8, 4) is 5.75 Å². The van der Waals surface area contributed by atoms with Crippen LogP contribution in [0.5, 0.6) is 5.75 Å². The molecule has 1 N–H and O–H groups in total. The van der Waals surface area contributed by atoms with Gasteiger partial charge in [-0.3, -0.25) is 4.79 Å². The maximum absolute atomic E-state index is 12.2. The largest absolute Gasteiger partial charge is 0.497 e. The Morgan fingerprint density at radius 2 is 1.91 bits per heavy atom. The molecule has 1 aromatic heterocycles. The fourth-order valence-corrected chi connectivity index (χ4v) is 2.85. The van der Waals surface area contributed by atoms with Crippen molar-refractivity contribution in [2.75, 3.05) is 12.4 Å². The van der Waals surface area contributed by atoms with E-state index in [-0.39, 0.29) is 11.2 Å². The first-order chi connectivity index (χ1) is 10.5. The van der Waals surface area contributed by atoms with Crippen LogP contribution in [0.15, 0.2) is 35.4 Å². The number of carbonyl (C=O) groups is 1. The molecule has 0 fully saturated rings. The van der Waals surface area contributed by atoms with E-state index in [0.717, 1.165) is 22.2 Å². The highest BCUT2D eigenvalue weighted by atomic mass is 32.2. The van der Waals surface area contributed by atoms with Crippen molar-refractivity contribution in [2.45, 2.75) is 31.0 Å². The van der Waals surface area contributed by atoms with E-state index in [1.807, 2.05) is 51.1 Å². The van der Waals surface area contributed by atoms with Crippen LogP contribution in [-0.4, -0.2) is 28.2 Å². The number of aromatic nitrogens is 2. The summed E-state index contributed by atoms with van der Waals surface area (Å²) in [5.74, 6) is 1.40. The second-order valence-corrected chi connectivity index (χ2v) is 6.23. The summed E-state index contributed by atoms with van der Waals surface area (Å²) in [6.45, 7) is 5.62. The van der Waals surface area contributed by atoms with E-state index >= 15 is 0 Å². The molecule has 5 nitrogen and oxygen atoms in total. The minimum atomic E-state index is -0.254. The zero-order chi connectivity index (χ0) is 16.1. The number of aryl methyl sites for hydroxylation is 2. The van der Waals surface area contributed by atoms with E-state index in [1.165, 1.54) is 11.8 Å². The fraction of sp³-hybridized carbons (Fsp3) is 0.312. The number of methoxy groups -OCH3 is 1. The molecule has 22 heavy (non-hydrogen) atoms. The quantitative estimate of drug-likeness (QED) is 0.677. The van der Waals surface area contributed by atoms with E-state index in [0.29, 0.717) is 5.82 Å². The van der Waals surface area contributed by atoms with Gasteiger partial charge in [0, 0.05) is 11.4 Å². The van der Waals surface area contributed by atoms with Crippen LogP contribution in [0, 0.1) is 13.8 Å². The maximum atomic E-state index is 12.2. The highest BCUT2D eigenvalue weighted by Crippen LogP contribution is 2.23. The number of rotatable bonds is 5. The first kappa shape index (κ1) is 16.3. The Kier molecular flexibility index (Phi) is 5.38. The molecule has 1 atom stereocenters. The first-order valence-corrected chi connectivity index (χ1v) is 7.80. The molecule has 1 aromatic carbocycles. The Balaban J connectivity index is 1.99. The van der Waals surface area contributed by atoms with E-state index < -0.39 is 0 Å². The average Bonchev–Trinajstić information content (AvgIpc) is 2.46. The SMILES string of the molecule is COc1ccc(NC(=O)C(C)Sc2cc(C)nc(C)n2)cc1. The lowest BCUT2D eigenvalue weighted by Crippen LogP contribution is -2.22. The number of carbonyl (C=O) groups excluding carboxylic acids is 1. The van der Waals surface area contributed by atoms with Gasteiger partial charge < -0.3 is 10.1 Å². The Labute approximate surface area is 134 Å². The molecular weight excluding hydrogens is 298 g/mol. The van der Waals surface area contributed by atoms with Crippen LogP contribution >= 0.6 is 11.8 Å². The standard InChI is InChI=1S/C16H19N3O2S/c1-10-9-15(18-12(3)17-10)22-11(2)16(20)19-13-5-7-14(21-4)8-6-13/h5-9,11H,1-4H3,(H,19,20). The second-order valence-electron chi connectivity index (χ2n) is 4.87. The number of ether oxygens (including phenoxy) is 1. The van der Waals surface area contributed by atoms with Gasteiger partial charge in [0.2, 0.25) is 5.91 Å². The van der Waals surface area contributed by atoms with Gasteiger partial charge in [-0.15, -0.1) is 0 Å². The molecule has 0 aliphatic heterocycles. The van der Waals surface area contributed by atoms with Crippen molar-refractivity contribution in [3.05, 3.63) is 41.9 Å². The Bertz CT molecular complexity index is 639. The van der Waals surface area contributed by atoms with Gasteiger partial charge in [-0.25, -0.2) is 9.97 Å². The third-order valence-electron chi connectivity index (χ3n) is 2.97. The highest BCUT2D eigenvalue weighted by Gasteiger charge is 2.16. The summed E-state index contributed by atoms with van der Waals surface area (Å²) in [7, 11) is 1.61. The summed E-state index contributed by atoms with van der Waals surface area (Å²) >= 11 is 1.42. The maximum Gasteiger partial charge on any atom is 0.237 e. The van der Waals surface area contributed by atoms with Gasteiger partial charge in [-0.2, -0.15) is 0 Å². The summed E-state index contributed by atoms with van der Waals surface area (Å²) in [4.78, 5) is 20.8. The first-order valence-electron chi connectivity index (χ1n) is 6.92. The van der Waals surface area contributed by atoms with Crippen molar-refractivity contribution in [3.63, 3.8) is 0 Å². The van der Waals surface area contributed by atoms with Crippen LogP contribution in [-0.2, 0) is 4.79 Å². The number of amides is 1. The smallest absolute Gasteiger partial charge is 0.237 e. The molecule has 2 rings (SSSR count). The minimum absolute atomic E-state index is 0.0657. The number of benzene rings is 1. The molecule has 2 aromatic rings. The molecule has 0 aliphatic rings. The molecule has 1 unspecified atom stereocenters. The Hall–Kier alpha value is -2.08. The van der Waals surface area contributed by atoms with Gasteiger partial charge >= 0.3 is 0 Å². The fourth-order valence-electron chi connectivity index (χ4n) is 1.90. The van der Waals surface area contributed by atoms with Crippen molar-refractivity contribution >= 4 is 23.4 Å². The third kappa shape index (κ3) is 4.46. The number of nitrogens with zero attached hydrogens (tertiary/aromatic N) is 2. The zero-order valence-electron chi connectivity index (χ0n) is 13.1. The summed E-state index contributed by atoms with van der Waals surface area (Å²) in [6.07, 6.45) is 0. The number of thioether (sulfide) groups is 1. The van der Waals surface area contributed by atoms with Crippen LogP contribution in [0.2, 0.25) is 0 Å². The molecule has 1 amide bonds. The highest BCUT2D eigenvalue weighted by molar-refractivity contribution is 8.00. The molecule has 0 radical (unpaired) electrons. The number of anilines is 1. The summed E-state index contributed by atoms with van der Waals surface area (Å²) < 4.78 is 5.09. The summed E-state index contributed by atoms with van der Waals surface area (Å²) in [5, 5.41) is 3.44. The molecule has 6 heteroatoms. The number of hydrogen-bond donors (Lipinski definition) is 1. The minimum Gasteiger partial charge on any atom is -0.497 e. The summed E-state index contributed by atoms with van der Waals surface area (Å²) in [6, 6.07) is 9.13. The van der Waals surface area contributed by atoms with Crippen molar-refractivity contribution in [2.24, 2.45) is 0 Å². The molecule has 0 saturated heterocycles. The lowest BCUT2D eigenvalue weighted by atomic mass is 10.3. The van der Waals surface area contributed by atoms with E-state index in [4.69, 9.17) is 4.74 Å². The van der Waals surface area contributed by atoms with Crippen LogP contribution in [0.1, 0.15) is 18.4 Å². The Morgan fingerprint density at radius 3 is 2.50 bits per heavy atom.